The molecule has 0 radical (unpaired) electrons. The van der Waals surface area contributed by atoms with E-state index in [9.17, 15) is 5.11 Å². The standard InChI is InChI=1S/C18H18O/c1-18-9-2-3-17(18)16-6-4-12-11-13(19)5-7-14(12)15(16)8-10-18/h2,4-7,9,11,17,19H,3,8,10H2,1H3/t17?,18-/m0/s1. The van der Waals surface area contributed by atoms with Crippen LogP contribution in [-0.4, -0.2) is 5.11 Å². The molecule has 2 aromatic carbocycles. The minimum atomic E-state index is 0.357. The smallest absolute Gasteiger partial charge is 0.116 e. The van der Waals surface area contributed by atoms with Crippen LogP contribution in [0.5, 0.6) is 5.75 Å². The van der Waals surface area contributed by atoms with E-state index < -0.39 is 0 Å². The lowest BCUT2D eigenvalue weighted by atomic mass is 9.66. The summed E-state index contributed by atoms with van der Waals surface area (Å²) in [4.78, 5) is 0. The first kappa shape index (κ1) is 11.1. The number of hydrogen-bond acceptors (Lipinski definition) is 1. The molecular weight excluding hydrogens is 232 g/mol. The molecule has 0 bridgehead atoms. The molecule has 0 saturated heterocycles. The maximum absolute atomic E-state index is 9.62. The van der Waals surface area contributed by atoms with Crippen molar-refractivity contribution in [3.05, 3.63) is 53.6 Å². The van der Waals surface area contributed by atoms with Gasteiger partial charge in [0, 0.05) is 0 Å². The van der Waals surface area contributed by atoms with Gasteiger partial charge in [0.15, 0.2) is 0 Å². The molecule has 1 nitrogen and oxygen atoms in total. The van der Waals surface area contributed by atoms with Crippen molar-refractivity contribution in [1.29, 1.82) is 0 Å². The molecule has 1 unspecified atom stereocenters. The fraction of sp³-hybridized carbons (Fsp3) is 0.333. The number of allylic oxidation sites excluding steroid dienone is 2. The van der Waals surface area contributed by atoms with Crippen molar-refractivity contribution < 1.29 is 5.11 Å². The highest BCUT2D eigenvalue weighted by molar-refractivity contribution is 5.88. The third kappa shape index (κ3) is 1.48. The molecule has 96 valence electrons. The summed E-state index contributed by atoms with van der Waals surface area (Å²) in [6, 6.07) is 10.2. The van der Waals surface area contributed by atoms with Gasteiger partial charge in [-0.15, -0.1) is 0 Å². The minimum Gasteiger partial charge on any atom is -0.508 e. The highest BCUT2D eigenvalue weighted by atomic mass is 16.3. The van der Waals surface area contributed by atoms with Crippen molar-refractivity contribution in [3.63, 3.8) is 0 Å². The van der Waals surface area contributed by atoms with E-state index in [1.54, 1.807) is 0 Å². The van der Waals surface area contributed by atoms with Crippen LogP contribution in [0.25, 0.3) is 10.8 Å². The number of aromatic hydroxyl groups is 1. The van der Waals surface area contributed by atoms with E-state index in [1.807, 2.05) is 12.1 Å². The molecule has 2 atom stereocenters. The summed E-state index contributed by atoms with van der Waals surface area (Å²) in [6.45, 7) is 2.39. The normalized spacial score (nSPS) is 28.4. The van der Waals surface area contributed by atoms with Crippen molar-refractivity contribution in [2.24, 2.45) is 5.41 Å². The maximum Gasteiger partial charge on any atom is 0.116 e. The largest absolute Gasteiger partial charge is 0.508 e. The summed E-state index contributed by atoms with van der Waals surface area (Å²) in [5, 5.41) is 12.1. The van der Waals surface area contributed by atoms with Crippen LogP contribution in [0.4, 0.5) is 0 Å². The third-order valence-electron chi connectivity index (χ3n) is 5.11. The monoisotopic (exact) mass is 250 g/mol. The molecule has 19 heavy (non-hydrogen) atoms. The van der Waals surface area contributed by atoms with Crippen molar-refractivity contribution in [2.45, 2.75) is 32.1 Å². The fourth-order valence-corrected chi connectivity index (χ4v) is 4.00. The quantitative estimate of drug-likeness (QED) is 0.680. The molecule has 0 aromatic heterocycles. The van der Waals surface area contributed by atoms with E-state index in [0.717, 1.165) is 11.8 Å². The van der Waals surface area contributed by atoms with Crippen molar-refractivity contribution in [2.75, 3.05) is 0 Å². The average Bonchev–Trinajstić information content (AvgIpc) is 2.79. The Hall–Kier alpha value is -1.76. The molecule has 1 N–H and O–H groups in total. The van der Waals surface area contributed by atoms with Crippen LogP contribution >= 0.6 is 0 Å². The Morgan fingerprint density at radius 1 is 1.21 bits per heavy atom. The molecule has 0 fully saturated rings. The van der Waals surface area contributed by atoms with Gasteiger partial charge >= 0.3 is 0 Å². The van der Waals surface area contributed by atoms with Crippen LogP contribution in [-0.2, 0) is 6.42 Å². The van der Waals surface area contributed by atoms with E-state index in [-0.39, 0.29) is 0 Å². The molecule has 1 heteroatoms. The Morgan fingerprint density at radius 2 is 2.11 bits per heavy atom. The first-order valence-electron chi connectivity index (χ1n) is 7.10. The zero-order valence-electron chi connectivity index (χ0n) is 11.2. The van der Waals surface area contributed by atoms with Gasteiger partial charge in [0.05, 0.1) is 0 Å². The number of phenolic OH excluding ortho intramolecular Hbond substituents is 1. The number of fused-ring (bicyclic) bond motifs is 5. The van der Waals surface area contributed by atoms with Gasteiger partial charge in [0.1, 0.15) is 5.75 Å². The summed E-state index contributed by atoms with van der Waals surface area (Å²) >= 11 is 0. The maximum atomic E-state index is 9.62. The second kappa shape index (κ2) is 3.63. The molecule has 0 amide bonds. The van der Waals surface area contributed by atoms with E-state index in [0.29, 0.717) is 17.1 Å². The lowest BCUT2D eigenvalue weighted by molar-refractivity contribution is 0.312. The lowest BCUT2D eigenvalue weighted by Crippen LogP contribution is -2.26. The van der Waals surface area contributed by atoms with Crippen molar-refractivity contribution in [1.82, 2.24) is 0 Å². The first-order chi connectivity index (χ1) is 9.17. The number of benzene rings is 2. The van der Waals surface area contributed by atoms with Crippen molar-refractivity contribution in [3.8, 4) is 5.75 Å². The SMILES string of the molecule is C[C@@]12C=CCC1c1ccc3cc(O)ccc3c1CC2. The number of phenols is 1. The summed E-state index contributed by atoms with van der Waals surface area (Å²) in [6.07, 6.45) is 8.32. The predicted octanol–water partition coefficient (Wildman–Crippen LogP) is 4.54. The second-order valence-corrected chi connectivity index (χ2v) is 6.24. The second-order valence-electron chi connectivity index (χ2n) is 6.24. The van der Waals surface area contributed by atoms with Crippen LogP contribution in [0.3, 0.4) is 0 Å². The Labute approximate surface area is 113 Å². The Balaban J connectivity index is 1.96. The number of rotatable bonds is 0. The Kier molecular flexibility index (Phi) is 2.12. The van der Waals surface area contributed by atoms with Crippen LogP contribution in [0.15, 0.2) is 42.5 Å². The summed E-state index contributed by atoms with van der Waals surface area (Å²) in [7, 11) is 0. The van der Waals surface area contributed by atoms with Gasteiger partial charge < -0.3 is 5.11 Å². The van der Waals surface area contributed by atoms with Crippen LogP contribution in [0.1, 0.15) is 36.8 Å². The zero-order chi connectivity index (χ0) is 13.0. The van der Waals surface area contributed by atoms with E-state index >= 15 is 0 Å². The summed E-state index contributed by atoms with van der Waals surface area (Å²) < 4.78 is 0. The van der Waals surface area contributed by atoms with Gasteiger partial charge in [-0.05, 0) is 64.6 Å². The molecule has 4 rings (SSSR count). The van der Waals surface area contributed by atoms with E-state index in [2.05, 4.69) is 37.3 Å². The summed E-state index contributed by atoms with van der Waals surface area (Å²) in [5.41, 5.74) is 3.39. The van der Waals surface area contributed by atoms with Gasteiger partial charge in [-0.3, -0.25) is 0 Å². The molecule has 0 heterocycles. The van der Waals surface area contributed by atoms with Gasteiger partial charge in [-0.25, -0.2) is 0 Å². The van der Waals surface area contributed by atoms with Crippen LogP contribution in [0.2, 0.25) is 0 Å². The van der Waals surface area contributed by atoms with Gasteiger partial charge in [0.25, 0.3) is 0 Å². The Bertz CT molecular complexity index is 698. The number of aryl methyl sites for hydroxylation is 1. The molecule has 2 aliphatic carbocycles. The van der Waals surface area contributed by atoms with Gasteiger partial charge in [-0.1, -0.05) is 37.3 Å². The third-order valence-corrected chi connectivity index (χ3v) is 5.11. The first-order valence-corrected chi connectivity index (χ1v) is 7.10. The Morgan fingerprint density at radius 3 is 3.00 bits per heavy atom. The zero-order valence-corrected chi connectivity index (χ0v) is 11.2. The molecule has 2 aromatic rings. The topological polar surface area (TPSA) is 20.2 Å². The van der Waals surface area contributed by atoms with Crippen molar-refractivity contribution >= 4 is 10.8 Å². The summed E-state index contributed by atoms with van der Waals surface area (Å²) in [5.74, 6) is 1.00. The molecule has 2 aliphatic rings. The highest BCUT2D eigenvalue weighted by Crippen LogP contribution is 2.53. The van der Waals surface area contributed by atoms with E-state index in [4.69, 9.17) is 0 Å². The highest BCUT2D eigenvalue weighted by Gasteiger charge is 2.40. The molecule has 0 aliphatic heterocycles. The molecule has 0 saturated carbocycles. The van der Waals surface area contributed by atoms with E-state index in [1.165, 1.54) is 29.4 Å². The average molecular weight is 250 g/mol. The van der Waals surface area contributed by atoms with Gasteiger partial charge in [-0.2, -0.15) is 0 Å². The van der Waals surface area contributed by atoms with Crippen LogP contribution < -0.4 is 0 Å². The van der Waals surface area contributed by atoms with Crippen LogP contribution in [0, 0.1) is 5.41 Å². The predicted molar refractivity (Wildman–Crippen MR) is 78.5 cm³/mol. The fourth-order valence-electron chi connectivity index (χ4n) is 4.00. The lowest BCUT2D eigenvalue weighted by Gasteiger charge is -2.38. The minimum absolute atomic E-state index is 0.357. The molecular formula is C18H18O. The van der Waals surface area contributed by atoms with Gasteiger partial charge in [0.2, 0.25) is 0 Å². The molecule has 0 spiro atoms. The number of hydrogen-bond donors (Lipinski definition) is 1.